The minimum absolute atomic E-state index is 0.0171. The number of alkyl halides is 1. The number of carbonyl (C=O) groups is 2. The van der Waals surface area contributed by atoms with Crippen LogP contribution in [0.2, 0.25) is 36.3 Å². The third kappa shape index (κ3) is 16.0. The maximum atomic E-state index is 14.4. The van der Waals surface area contributed by atoms with Gasteiger partial charge in [0.2, 0.25) is 0 Å². The molecule has 3 aromatic carbocycles. The van der Waals surface area contributed by atoms with Crippen LogP contribution in [0, 0.1) is 11.8 Å². The van der Waals surface area contributed by atoms with Crippen LogP contribution in [-0.2, 0) is 47.1 Å². The summed E-state index contributed by atoms with van der Waals surface area (Å²) in [6, 6.07) is 26.4. The van der Waals surface area contributed by atoms with Gasteiger partial charge in [0.15, 0.2) is 26.5 Å². The summed E-state index contributed by atoms with van der Waals surface area (Å²) in [6.45, 7) is 29.7. The molecule has 16 heteroatoms. The van der Waals surface area contributed by atoms with Crippen molar-refractivity contribution in [2.45, 2.75) is 195 Å². The second-order valence-corrected chi connectivity index (χ2v) is 36.7. The molecule has 12 nitrogen and oxygen atoms in total. The Morgan fingerprint density at radius 1 is 0.787 bits per heavy atom. The first-order chi connectivity index (χ1) is 35.2. The Morgan fingerprint density at radius 2 is 1.37 bits per heavy atom. The first kappa shape index (κ1) is 61.4. The smallest absolute Gasteiger partial charge is 0.338 e. The Balaban J connectivity index is 1.23. The Morgan fingerprint density at radius 3 is 1.95 bits per heavy atom. The van der Waals surface area contributed by atoms with Gasteiger partial charge in [-0.1, -0.05) is 132 Å². The molecule has 0 N–H and O–H groups in total. The van der Waals surface area contributed by atoms with Gasteiger partial charge in [0.25, 0.3) is 0 Å². The number of rotatable bonds is 25. The average Bonchev–Trinajstić information content (AvgIpc) is 3.89. The summed E-state index contributed by atoms with van der Waals surface area (Å²) >= 11 is 2.42. The highest BCUT2D eigenvalue weighted by molar-refractivity contribution is 14.1. The number of hydrogen-bond acceptors (Lipinski definition) is 12. The van der Waals surface area contributed by atoms with E-state index in [1.807, 2.05) is 24.3 Å². The Kier molecular flexibility index (Phi) is 21.3. The van der Waals surface area contributed by atoms with Crippen molar-refractivity contribution in [1.82, 2.24) is 0 Å². The molecule has 6 rings (SSSR count). The molecule has 3 aliphatic rings. The van der Waals surface area contributed by atoms with E-state index < -0.39 is 68.4 Å². The highest BCUT2D eigenvalue weighted by Crippen LogP contribution is 2.47. The highest BCUT2D eigenvalue weighted by atomic mass is 127. The highest BCUT2D eigenvalue weighted by Gasteiger charge is 2.53. The summed E-state index contributed by atoms with van der Waals surface area (Å²) in [5.74, 6) is -1.89. The molecule has 0 radical (unpaired) electrons. The zero-order valence-electron chi connectivity index (χ0n) is 46.8. The standard InChI is InChI=1S/C59H87IO12SSi2/c1-41(34-45-31-32-53-59(40-60,71-45)37-46(68-53)28-23-33-66-55(61)43-24-17-14-18-25-43)42(2)50(70-56(62)44-26-19-15-20-27-44)36-51-49(39-73(63,64)48-29-21-16-22-30-48)54(65-9)52(69-51)35-47(72-75(12,13)58(6,7)8)38-67-74(10,11)57(3,4)5/h14-22,24-27,29-30,41,45-47,49-54H,2,23,28,31-40H2,1,3-13H3/t41-,45?,46+,47?,49+,50-,51+,52-,53+,54-,59-/m1/s1. The van der Waals surface area contributed by atoms with E-state index in [2.05, 4.69) is 104 Å². The van der Waals surface area contributed by atoms with E-state index >= 15 is 0 Å². The maximum Gasteiger partial charge on any atom is 0.338 e. The fourth-order valence-corrected chi connectivity index (χ4v) is 15.2. The van der Waals surface area contributed by atoms with Crippen LogP contribution < -0.4 is 0 Å². The van der Waals surface area contributed by atoms with Gasteiger partial charge in [0.1, 0.15) is 11.7 Å². The van der Waals surface area contributed by atoms with Crippen LogP contribution in [-0.4, -0.2) is 122 Å². The Labute approximate surface area is 465 Å². The quantitative estimate of drug-likeness (QED) is 0.0199. The third-order valence-corrected chi connectivity index (χ3v) is 28.9. The summed E-state index contributed by atoms with van der Waals surface area (Å²) in [4.78, 5) is 26.9. The van der Waals surface area contributed by atoms with E-state index in [0.717, 1.165) is 30.1 Å². The number of sulfone groups is 1. The minimum Gasteiger partial charge on any atom is -0.462 e. The van der Waals surface area contributed by atoms with Gasteiger partial charge in [-0.25, -0.2) is 18.0 Å². The second-order valence-electron chi connectivity index (χ2n) is 24.3. The van der Waals surface area contributed by atoms with Crippen LogP contribution in [0.5, 0.6) is 0 Å². The third-order valence-electron chi connectivity index (χ3n) is 16.8. The first-order valence-corrected chi connectivity index (χ1v) is 36.0. The zero-order valence-corrected chi connectivity index (χ0v) is 51.8. The van der Waals surface area contributed by atoms with E-state index in [4.69, 9.17) is 37.3 Å². The molecular weight excluding hydrogens is 1120 g/mol. The number of esters is 2. The normalized spacial score (nSPS) is 25.7. The molecule has 0 saturated carbocycles. The van der Waals surface area contributed by atoms with E-state index in [1.54, 1.807) is 73.8 Å². The summed E-state index contributed by atoms with van der Waals surface area (Å²) in [5, 5.41) is -0.112. The molecule has 0 aromatic heterocycles. The summed E-state index contributed by atoms with van der Waals surface area (Å²) in [5.41, 5.74) is 1.17. The molecule has 3 heterocycles. The topological polar surface area (TPSA) is 142 Å². The molecule has 0 amide bonds. The van der Waals surface area contributed by atoms with Crippen LogP contribution in [0.15, 0.2) is 108 Å². The van der Waals surface area contributed by atoms with Gasteiger partial charge in [0, 0.05) is 36.7 Å². The summed E-state index contributed by atoms with van der Waals surface area (Å²) in [7, 11) is -6.79. The van der Waals surface area contributed by atoms with Gasteiger partial charge in [-0.05, 0) is 116 Å². The number of benzene rings is 3. The minimum atomic E-state index is -3.84. The lowest BCUT2D eigenvalue weighted by Crippen LogP contribution is -2.50. The predicted octanol–water partition coefficient (Wildman–Crippen LogP) is 13.0. The van der Waals surface area contributed by atoms with Crippen LogP contribution in [0.4, 0.5) is 0 Å². The molecule has 75 heavy (non-hydrogen) atoms. The van der Waals surface area contributed by atoms with E-state index in [0.29, 0.717) is 49.2 Å². The first-order valence-electron chi connectivity index (χ1n) is 27.0. The number of methoxy groups -OCH3 is 1. The van der Waals surface area contributed by atoms with Gasteiger partial charge < -0.3 is 37.3 Å². The van der Waals surface area contributed by atoms with Gasteiger partial charge in [-0.3, -0.25) is 0 Å². The van der Waals surface area contributed by atoms with Crippen LogP contribution >= 0.6 is 22.6 Å². The number of hydrogen-bond donors (Lipinski definition) is 0. The van der Waals surface area contributed by atoms with Crippen molar-refractivity contribution in [1.29, 1.82) is 0 Å². The lowest BCUT2D eigenvalue weighted by molar-refractivity contribution is -0.155. The number of carbonyl (C=O) groups excluding carboxylic acids is 2. The van der Waals surface area contributed by atoms with Crippen molar-refractivity contribution in [2.24, 2.45) is 11.8 Å². The van der Waals surface area contributed by atoms with Gasteiger partial charge in [-0.15, -0.1) is 0 Å². The average molecular weight is 1200 g/mol. The van der Waals surface area contributed by atoms with Crippen molar-refractivity contribution in [3.8, 4) is 0 Å². The molecule has 3 aromatic rings. The number of ether oxygens (including phenoxy) is 6. The van der Waals surface area contributed by atoms with E-state index in [-0.39, 0.29) is 63.4 Å². The molecule has 0 bridgehead atoms. The lowest BCUT2D eigenvalue weighted by atomic mass is 9.83. The van der Waals surface area contributed by atoms with Crippen LogP contribution in [0.1, 0.15) is 121 Å². The van der Waals surface area contributed by atoms with E-state index in [9.17, 15) is 18.0 Å². The van der Waals surface area contributed by atoms with E-state index in [1.165, 1.54) is 0 Å². The monoisotopic (exact) mass is 1200 g/mol. The Bertz CT molecular complexity index is 2430. The maximum absolute atomic E-state index is 14.4. The molecule has 3 aliphatic heterocycles. The number of halogens is 1. The van der Waals surface area contributed by atoms with Crippen molar-refractivity contribution in [3.05, 3.63) is 114 Å². The second kappa shape index (κ2) is 26.0. The van der Waals surface area contributed by atoms with Gasteiger partial charge in [-0.2, -0.15) is 0 Å². The van der Waals surface area contributed by atoms with Crippen molar-refractivity contribution in [3.63, 3.8) is 0 Å². The Hall–Kier alpha value is -2.79. The van der Waals surface area contributed by atoms with Gasteiger partial charge >= 0.3 is 11.9 Å². The van der Waals surface area contributed by atoms with Crippen molar-refractivity contribution < 1.29 is 55.3 Å². The predicted molar refractivity (Wildman–Crippen MR) is 309 cm³/mol. The zero-order chi connectivity index (χ0) is 55.0. The van der Waals surface area contributed by atoms with Gasteiger partial charge in [0.05, 0.1) is 77.7 Å². The largest absolute Gasteiger partial charge is 0.462 e. The molecule has 416 valence electrons. The molecule has 0 spiro atoms. The molecule has 0 aliphatic carbocycles. The summed E-state index contributed by atoms with van der Waals surface area (Å²) < 4.78 is 83.0. The van der Waals surface area contributed by atoms with Crippen LogP contribution in [0.25, 0.3) is 0 Å². The SMILES string of the molecule is C=C([C@H](C)CC1CC[C@@H]2O[C@@H](CCCOC(=O)c3ccccc3)C[C@]2(CI)O1)[C@@H](C[C@@H]1O[C@H](CC(CO[Si](C)(C)C(C)(C)C)O[Si](C)(C)C(C)(C)C)[C@H](OC)[C@H]1CS(=O)(=O)c1ccccc1)OC(=O)c1ccccc1. The summed E-state index contributed by atoms with van der Waals surface area (Å²) in [6.07, 6.45) is 1.71. The fraction of sp³-hybridized carbons (Fsp3) is 0.627. The molecule has 11 atom stereocenters. The van der Waals surface area contributed by atoms with Crippen molar-refractivity contribution in [2.75, 3.05) is 30.5 Å². The number of fused-ring (bicyclic) bond motifs is 1. The molecular formula is C59H87IO12SSi2. The lowest BCUT2D eigenvalue weighted by Gasteiger charge is -2.42. The van der Waals surface area contributed by atoms with Crippen LogP contribution in [0.3, 0.4) is 0 Å². The molecule has 2 unspecified atom stereocenters. The van der Waals surface area contributed by atoms with Crippen molar-refractivity contribution >= 4 is 61.0 Å². The molecule has 3 fully saturated rings. The molecule has 3 saturated heterocycles. The fourth-order valence-electron chi connectivity index (χ4n) is 10.2.